The molecule has 19 heavy (non-hydrogen) atoms. The van der Waals surface area contributed by atoms with Crippen molar-refractivity contribution in [1.29, 1.82) is 0 Å². The fourth-order valence-electron chi connectivity index (χ4n) is 1.40. The molecule has 8 heteroatoms. The summed E-state index contributed by atoms with van der Waals surface area (Å²) in [6.45, 7) is 1.57. The number of carboxylic acid groups (broad SMARTS) is 1. The Kier molecular flexibility index (Phi) is 4.81. The van der Waals surface area contributed by atoms with Crippen LogP contribution in [0, 0.1) is 17.0 Å². The van der Waals surface area contributed by atoms with E-state index in [0.717, 1.165) is 0 Å². The van der Waals surface area contributed by atoms with E-state index < -0.39 is 16.9 Å². The van der Waals surface area contributed by atoms with Crippen molar-refractivity contribution in [3.8, 4) is 0 Å². The molecule has 0 aliphatic carbocycles. The number of amides is 2. The Bertz CT molecular complexity index is 515. The molecule has 0 aromatic heterocycles. The summed E-state index contributed by atoms with van der Waals surface area (Å²) in [4.78, 5) is 31.7. The number of nitro benzene ring substituents is 1. The minimum atomic E-state index is -1.01. The Morgan fingerprint density at radius 1 is 1.42 bits per heavy atom. The Morgan fingerprint density at radius 3 is 2.63 bits per heavy atom. The predicted molar refractivity (Wildman–Crippen MR) is 67.1 cm³/mol. The second-order valence-corrected chi connectivity index (χ2v) is 3.78. The van der Waals surface area contributed by atoms with Gasteiger partial charge < -0.3 is 15.7 Å². The summed E-state index contributed by atoms with van der Waals surface area (Å²) in [5.74, 6) is -1.01. The van der Waals surface area contributed by atoms with Gasteiger partial charge in [0.05, 0.1) is 11.3 Å². The lowest BCUT2D eigenvalue weighted by Gasteiger charge is -2.07. The van der Waals surface area contributed by atoms with Crippen LogP contribution in [0.15, 0.2) is 18.2 Å². The smallest absolute Gasteiger partial charge is 0.319 e. The largest absolute Gasteiger partial charge is 0.481 e. The third-order valence-corrected chi connectivity index (χ3v) is 2.28. The Morgan fingerprint density at radius 2 is 2.11 bits per heavy atom. The molecule has 2 amide bonds. The van der Waals surface area contributed by atoms with Gasteiger partial charge in [-0.15, -0.1) is 0 Å². The first kappa shape index (κ1) is 14.4. The number of urea groups is 1. The van der Waals surface area contributed by atoms with E-state index in [-0.39, 0.29) is 18.7 Å². The van der Waals surface area contributed by atoms with E-state index in [1.807, 2.05) is 0 Å². The van der Waals surface area contributed by atoms with Crippen LogP contribution in [0.2, 0.25) is 0 Å². The van der Waals surface area contributed by atoms with Crippen LogP contribution >= 0.6 is 0 Å². The van der Waals surface area contributed by atoms with Crippen LogP contribution in [0.4, 0.5) is 16.2 Å². The first-order chi connectivity index (χ1) is 8.90. The van der Waals surface area contributed by atoms with Crippen molar-refractivity contribution in [1.82, 2.24) is 5.32 Å². The van der Waals surface area contributed by atoms with Crippen molar-refractivity contribution in [2.45, 2.75) is 13.3 Å². The third kappa shape index (κ3) is 4.62. The van der Waals surface area contributed by atoms with E-state index in [2.05, 4.69) is 10.6 Å². The van der Waals surface area contributed by atoms with Crippen molar-refractivity contribution < 1.29 is 19.6 Å². The van der Waals surface area contributed by atoms with Gasteiger partial charge in [-0.1, -0.05) is 0 Å². The van der Waals surface area contributed by atoms with Gasteiger partial charge in [-0.2, -0.15) is 0 Å². The number of aryl methyl sites for hydroxylation is 1. The number of carbonyl (C=O) groups is 2. The Labute approximate surface area is 108 Å². The molecule has 3 N–H and O–H groups in total. The SMILES string of the molecule is Cc1cc(NC(=O)NCCC(=O)O)ccc1[N+](=O)[O-]. The maximum Gasteiger partial charge on any atom is 0.319 e. The normalized spacial score (nSPS) is 9.74. The number of carbonyl (C=O) groups excluding carboxylic acids is 1. The zero-order chi connectivity index (χ0) is 14.4. The van der Waals surface area contributed by atoms with Crippen molar-refractivity contribution in [2.75, 3.05) is 11.9 Å². The number of benzene rings is 1. The zero-order valence-corrected chi connectivity index (χ0v) is 10.2. The van der Waals surface area contributed by atoms with Gasteiger partial charge in [-0.05, 0) is 19.1 Å². The molecule has 0 aliphatic heterocycles. The van der Waals surface area contributed by atoms with E-state index in [1.54, 1.807) is 6.92 Å². The van der Waals surface area contributed by atoms with Gasteiger partial charge >= 0.3 is 12.0 Å². The number of hydrogen-bond acceptors (Lipinski definition) is 4. The molecule has 1 aromatic rings. The summed E-state index contributed by atoms with van der Waals surface area (Å²) in [5.41, 5.74) is 0.793. The lowest BCUT2D eigenvalue weighted by Crippen LogP contribution is -2.30. The van der Waals surface area contributed by atoms with Crippen molar-refractivity contribution >= 4 is 23.4 Å². The highest BCUT2D eigenvalue weighted by molar-refractivity contribution is 5.89. The molecule has 8 nitrogen and oxygen atoms in total. The topological polar surface area (TPSA) is 122 Å². The van der Waals surface area contributed by atoms with Crippen LogP contribution in [0.1, 0.15) is 12.0 Å². The fourth-order valence-corrected chi connectivity index (χ4v) is 1.40. The van der Waals surface area contributed by atoms with Gasteiger partial charge in [-0.3, -0.25) is 14.9 Å². The molecule has 0 saturated heterocycles. The van der Waals surface area contributed by atoms with Crippen LogP contribution in [0.25, 0.3) is 0 Å². The number of rotatable bonds is 5. The Hall–Kier alpha value is -2.64. The average molecular weight is 267 g/mol. The molecule has 1 aromatic carbocycles. The number of nitro groups is 1. The van der Waals surface area contributed by atoms with Gasteiger partial charge in [0.1, 0.15) is 0 Å². The summed E-state index contributed by atoms with van der Waals surface area (Å²) in [5, 5.41) is 23.8. The van der Waals surface area contributed by atoms with E-state index in [4.69, 9.17) is 5.11 Å². The molecule has 0 aliphatic rings. The van der Waals surface area contributed by atoms with Crippen LogP contribution in [0.5, 0.6) is 0 Å². The number of anilines is 1. The van der Waals surface area contributed by atoms with Gasteiger partial charge in [0.15, 0.2) is 0 Å². The molecule has 0 unspecified atom stereocenters. The zero-order valence-electron chi connectivity index (χ0n) is 10.2. The number of nitrogens with zero attached hydrogens (tertiary/aromatic N) is 1. The molecule has 0 heterocycles. The lowest BCUT2D eigenvalue weighted by atomic mass is 10.2. The summed E-state index contributed by atoms with van der Waals surface area (Å²) < 4.78 is 0. The minimum absolute atomic E-state index is 0.00707. The molecular formula is C11H13N3O5. The molecule has 0 saturated carbocycles. The third-order valence-electron chi connectivity index (χ3n) is 2.28. The minimum Gasteiger partial charge on any atom is -0.481 e. The van der Waals surface area contributed by atoms with E-state index in [9.17, 15) is 19.7 Å². The number of aliphatic carboxylic acids is 1. The molecule has 0 spiro atoms. The van der Waals surface area contributed by atoms with Crippen LogP contribution in [-0.2, 0) is 4.79 Å². The summed E-state index contributed by atoms with van der Waals surface area (Å²) >= 11 is 0. The first-order valence-corrected chi connectivity index (χ1v) is 5.42. The lowest BCUT2D eigenvalue weighted by molar-refractivity contribution is -0.385. The standard InChI is InChI=1S/C11H13N3O5/c1-7-6-8(2-3-9(7)14(18)19)13-11(17)12-5-4-10(15)16/h2-3,6H,4-5H2,1H3,(H,15,16)(H2,12,13,17). The average Bonchev–Trinajstić information content (AvgIpc) is 2.27. The molecule has 0 bridgehead atoms. The van der Waals surface area contributed by atoms with Crippen LogP contribution < -0.4 is 10.6 Å². The second kappa shape index (κ2) is 6.34. The molecule has 0 atom stereocenters. The number of hydrogen-bond donors (Lipinski definition) is 3. The van der Waals surface area contributed by atoms with E-state index in [1.165, 1.54) is 18.2 Å². The molecular weight excluding hydrogens is 254 g/mol. The number of carboxylic acids is 1. The summed E-state index contributed by atoms with van der Waals surface area (Å²) in [6.07, 6.45) is -0.174. The van der Waals surface area contributed by atoms with Gasteiger partial charge in [0, 0.05) is 23.9 Å². The second-order valence-electron chi connectivity index (χ2n) is 3.78. The molecule has 0 radical (unpaired) electrons. The van der Waals surface area contributed by atoms with Gasteiger partial charge in [0.2, 0.25) is 0 Å². The van der Waals surface area contributed by atoms with E-state index in [0.29, 0.717) is 11.3 Å². The number of nitrogens with one attached hydrogen (secondary N) is 2. The quantitative estimate of drug-likeness (QED) is 0.551. The fraction of sp³-hybridized carbons (Fsp3) is 0.273. The molecule has 0 fully saturated rings. The highest BCUT2D eigenvalue weighted by Crippen LogP contribution is 2.21. The predicted octanol–water partition coefficient (Wildman–Crippen LogP) is 1.50. The van der Waals surface area contributed by atoms with Gasteiger partial charge in [0.25, 0.3) is 5.69 Å². The van der Waals surface area contributed by atoms with Crippen LogP contribution in [-0.4, -0.2) is 28.6 Å². The Balaban J connectivity index is 2.58. The molecule has 1 rings (SSSR count). The highest BCUT2D eigenvalue weighted by Gasteiger charge is 2.11. The van der Waals surface area contributed by atoms with Crippen LogP contribution in [0.3, 0.4) is 0 Å². The van der Waals surface area contributed by atoms with E-state index >= 15 is 0 Å². The first-order valence-electron chi connectivity index (χ1n) is 5.42. The summed E-state index contributed by atoms with van der Waals surface area (Å²) in [7, 11) is 0. The van der Waals surface area contributed by atoms with Crippen molar-refractivity contribution in [3.63, 3.8) is 0 Å². The molecule has 102 valence electrons. The highest BCUT2D eigenvalue weighted by atomic mass is 16.6. The monoisotopic (exact) mass is 267 g/mol. The van der Waals surface area contributed by atoms with Gasteiger partial charge in [-0.25, -0.2) is 4.79 Å². The van der Waals surface area contributed by atoms with Crippen molar-refractivity contribution in [3.05, 3.63) is 33.9 Å². The van der Waals surface area contributed by atoms with Crippen molar-refractivity contribution in [2.24, 2.45) is 0 Å². The maximum absolute atomic E-state index is 11.4. The maximum atomic E-state index is 11.4. The summed E-state index contributed by atoms with van der Waals surface area (Å²) in [6, 6.07) is 3.61.